The van der Waals surface area contributed by atoms with Gasteiger partial charge in [0.2, 0.25) is 0 Å². The Hall–Kier alpha value is -2.86. The summed E-state index contributed by atoms with van der Waals surface area (Å²) in [7, 11) is 0. The number of halogens is 1. The van der Waals surface area contributed by atoms with E-state index in [9.17, 15) is 15.0 Å². The largest absolute Gasteiger partial charge is 0.490 e. The number of aromatic carboxylic acids is 1. The van der Waals surface area contributed by atoms with E-state index in [0.29, 0.717) is 17.3 Å². The van der Waals surface area contributed by atoms with Crippen molar-refractivity contribution in [2.24, 2.45) is 0 Å². The zero-order chi connectivity index (χ0) is 25.8. The minimum absolute atomic E-state index is 0.0840. The van der Waals surface area contributed by atoms with Crippen LogP contribution in [0.1, 0.15) is 71.7 Å². The Kier molecular flexibility index (Phi) is 8.14. The third kappa shape index (κ3) is 6.35. The molecule has 0 radical (unpaired) electrons. The summed E-state index contributed by atoms with van der Waals surface area (Å²) >= 11 is 5.96. The number of rotatable bonds is 8. The lowest BCUT2D eigenvalue weighted by Crippen LogP contribution is -2.37. The highest BCUT2D eigenvalue weighted by atomic mass is 35.5. The molecule has 1 saturated carbocycles. The lowest BCUT2D eigenvalue weighted by atomic mass is 9.86. The molecule has 1 fully saturated rings. The predicted molar refractivity (Wildman–Crippen MR) is 147 cm³/mol. The first-order chi connectivity index (χ1) is 18.0. The minimum Gasteiger partial charge on any atom is -0.490 e. The van der Waals surface area contributed by atoms with Crippen LogP contribution >= 0.6 is 11.6 Å². The number of benzene rings is 3. The summed E-state index contributed by atoms with van der Waals surface area (Å²) in [4.78, 5) is 11.8. The first-order valence-corrected chi connectivity index (χ1v) is 13.7. The number of carboxylic acids is 1. The number of hydrogen-bond acceptors (Lipinski definition) is 4. The Morgan fingerprint density at radius 3 is 2.43 bits per heavy atom. The van der Waals surface area contributed by atoms with Crippen LogP contribution < -0.4 is 10.1 Å². The van der Waals surface area contributed by atoms with Gasteiger partial charge in [0.05, 0.1) is 12.2 Å². The van der Waals surface area contributed by atoms with E-state index < -0.39 is 12.1 Å². The number of aryl methyl sites for hydroxylation is 1. The fraction of sp³-hybridized carbons (Fsp3) is 0.387. The molecule has 3 N–H and O–H groups in total. The molecule has 0 aliphatic heterocycles. The summed E-state index contributed by atoms with van der Waals surface area (Å²) in [5.41, 5.74) is 5.74. The van der Waals surface area contributed by atoms with Gasteiger partial charge in [0, 0.05) is 17.6 Å². The van der Waals surface area contributed by atoms with Crippen LogP contribution in [-0.4, -0.2) is 34.9 Å². The molecule has 2 atom stereocenters. The maximum atomic E-state index is 11.8. The average molecular weight is 520 g/mol. The van der Waals surface area contributed by atoms with Gasteiger partial charge in [-0.05, 0) is 97.0 Å². The summed E-state index contributed by atoms with van der Waals surface area (Å²) < 4.78 is 6.22. The zero-order valence-corrected chi connectivity index (χ0v) is 21.7. The van der Waals surface area contributed by atoms with Crippen LogP contribution in [0.5, 0.6) is 5.75 Å². The molecule has 2 aliphatic carbocycles. The molecule has 5 rings (SSSR count). The maximum absolute atomic E-state index is 11.8. The topological polar surface area (TPSA) is 78.8 Å². The molecule has 0 heterocycles. The number of carbonyl (C=O) groups is 1. The quantitative estimate of drug-likeness (QED) is 0.312. The van der Waals surface area contributed by atoms with Gasteiger partial charge < -0.3 is 20.3 Å². The number of hydrogen-bond donors (Lipinski definition) is 3. The molecule has 0 amide bonds. The second kappa shape index (κ2) is 11.7. The number of fused-ring (bicyclic) bond motifs is 1. The smallest absolute Gasteiger partial charge is 0.339 e. The van der Waals surface area contributed by atoms with Gasteiger partial charge in [-0.25, -0.2) is 4.79 Å². The van der Waals surface area contributed by atoms with E-state index in [2.05, 4.69) is 23.5 Å². The summed E-state index contributed by atoms with van der Waals surface area (Å²) in [6, 6.07) is 19.6. The van der Waals surface area contributed by atoms with Crippen molar-refractivity contribution in [2.75, 3.05) is 6.54 Å². The SMILES string of the molecule is O=C(O)c1ccc(-c2ccc3c(c2)C[C@@H](NC[C@@H](O)c2ccc(Cl)cc2)CC3)cc1OC1CCCCC1. The molecular weight excluding hydrogens is 486 g/mol. The van der Waals surface area contributed by atoms with Gasteiger partial charge in [-0.2, -0.15) is 0 Å². The lowest BCUT2D eigenvalue weighted by Gasteiger charge is -2.27. The van der Waals surface area contributed by atoms with Crippen LogP contribution in [0.3, 0.4) is 0 Å². The number of aliphatic hydroxyl groups excluding tert-OH is 1. The fourth-order valence-corrected chi connectivity index (χ4v) is 5.66. The average Bonchev–Trinajstić information content (AvgIpc) is 2.92. The van der Waals surface area contributed by atoms with Crippen molar-refractivity contribution < 1.29 is 19.7 Å². The van der Waals surface area contributed by atoms with Gasteiger partial charge in [-0.15, -0.1) is 0 Å². The monoisotopic (exact) mass is 519 g/mol. The Bertz CT molecular complexity index is 1240. The van der Waals surface area contributed by atoms with E-state index in [1.807, 2.05) is 24.3 Å². The molecule has 0 unspecified atom stereocenters. The van der Waals surface area contributed by atoms with Crippen molar-refractivity contribution in [3.05, 3.63) is 87.9 Å². The Balaban J connectivity index is 1.29. The molecule has 37 heavy (non-hydrogen) atoms. The van der Waals surface area contributed by atoms with E-state index >= 15 is 0 Å². The molecule has 0 saturated heterocycles. The molecule has 5 nitrogen and oxygen atoms in total. The maximum Gasteiger partial charge on any atom is 0.339 e. The van der Waals surface area contributed by atoms with E-state index in [1.165, 1.54) is 17.5 Å². The van der Waals surface area contributed by atoms with E-state index in [4.69, 9.17) is 16.3 Å². The number of nitrogens with one attached hydrogen (secondary N) is 1. The van der Waals surface area contributed by atoms with Crippen molar-refractivity contribution in [1.82, 2.24) is 5.32 Å². The molecule has 3 aromatic carbocycles. The lowest BCUT2D eigenvalue weighted by molar-refractivity contribution is 0.0686. The normalized spacial score (nSPS) is 18.7. The van der Waals surface area contributed by atoms with E-state index in [-0.39, 0.29) is 17.7 Å². The third-order valence-electron chi connectivity index (χ3n) is 7.68. The number of ether oxygens (including phenoxy) is 1. The van der Waals surface area contributed by atoms with Gasteiger partial charge in [-0.3, -0.25) is 0 Å². The van der Waals surface area contributed by atoms with Crippen molar-refractivity contribution in [3.8, 4) is 16.9 Å². The number of carboxylic acid groups (broad SMARTS) is 1. The molecule has 2 aliphatic rings. The Labute approximate surface area is 223 Å². The third-order valence-corrected chi connectivity index (χ3v) is 7.93. The second-order valence-electron chi connectivity index (χ2n) is 10.3. The van der Waals surface area contributed by atoms with Crippen LogP contribution in [0.25, 0.3) is 11.1 Å². The van der Waals surface area contributed by atoms with E-state index in [0.717, 1.165) is 61.6 Å². The first-order valence-electron chi connectivity index (χ1n) is 13.3. The Morgan fingerprint density at radius 2 is 1.68 bits per heavy atom. The highest BCUT2D eigenvalue weighted by molar-refractivity contribution is 6.30. The zero-order valence-electron chi connectivity index (χ0n) is 21.0. The molecule has 3 aromatic rings. The summed E-state index contributed by atoms with van der Waals surface area (Å²) in [6.07, 6.45) is 7.82. The van der Waals surface area contributed by atoms with Crippen LogP contribution in [0.2, 0.25) is 5.02 Å². The standard InChI is InChI=1S/C31H34ClNO4/c32-25-12-8-21(9-13-25)29(34)19-33-26-14-10-20-6-7-22(16-24(20)17-26)23-11-15-28(31(35)36)30(18-23)37-27-4-2-1-3-5-27/h6-9,11-13,15-16,18,26-27,29,33-34H,1-5,10,14,17,19H2,(H,35,36)/t26-,29+/m0/s1. The van der Waals surface area contributed by atoms with Crippen molar-refractivity contribution >= 4 is 17.6 Å². The van der Waals surface area contributed by atoms with Gasteiger partial charge in [0.15, 0.2) is 0 Å². The van der Waals surface area contributed by atoms with Crippen molar-refractivity contribution in [2.45, 2.75) is 69.6 Å². The molecule has 0 aromatic heterocycles. The van der Waals surface area contributed by atoms with Crippen molar-refractivity contribution in [1.29, 1.82) is 0 Å². The van der Waals surface area contributed by atoms with Crippen LogP contribution in [0.4, 0.5) is 0 Å². The molecular formula is C31H34ClNO4. The van der Waals surface area contributed by atoms with Gasteiger partial charge in [-0.1, -0.05) is 54.4 Å². The highest BCUT2D eigenvalue weighted by Crippen LogP contribution is 2.33. The van der Waals surface area contributed by atoms with Gasteiger partial charge in [0.25, 0.3) is 0 Å². The fourth-order valence-electron chi connectivity index (χ4n) is 5.53. The molecule has 194 valence electrons. The van der Waals surface area contributed by atoms with Crippen LogP contribution in [0.15, 0.2) is 60.7 Å². The van der Waals surface area contributed by atoms with E-state index in [1.54, 1.807) is 18.2 Å². The van der Waals surface area contributed by atoms with Crippen molar-refractivity contribution in [3.63, 3.8) is 0 Å². The molecule has 6 heteroatoms. The summed E-state index contributed by atoms with van der Waals surface area (Å²) in [5.74, 6) is -0.497. The minimum atomic E-state index is -0.961. The van der Waals surface area contributed by atoms with Crippen LogP contribution in [0, 0.1) is 0 Å². The van der Waals surface area contributed by atoms with Crippen LogP contribution in [-0.2, 0) is 12.8 Å². The molecule has 0 spiro atoms. The van der Waals surface area contributed by atoms with Gasteiger partial charge in [0.1, 0.15) is 11.3 Å². The summed E-state index contributed by atoms with van der Waals surface area (Å²) in [6.45, 7) is 0.486. The first kappa shape index (κ1) is 25.8. The number of aliphatic hydroxyl groups is 1. The summed E-state index contributed by atoms with van der Waals surface area (Å²) in [5, 5.41) is 24.5. The highest BCUT2D eigenvalue weighted by Gasteiger charge is 2.22. The second-order valence-corrected chi connectivity index (χ2v) is 10.7. The predicted octanol–water partition coefficient (Wildman–Crippen LogP) is 6.60. The van der Waals surface area contributed by atoms with Gasteiger partial charge >= 0.3 is 5.97 Å². The Morgan fingerprint density at radius 1 is 0.946 bits per heavy atom. The molecule has 0 bridgehead atoms.